The van der Waals surface area contributed by atoms with Crippen LogP contribution in [0.4, 0.5) is 0 Å². The van der Waals surface area contributed by atoms with Crippen LogP contribution in [0.15, 0.2) is 34.7 Å². The summed E-state index contributed by atoms with van der Waals surface area (Å²) in [6.45, 7) is 8.99. The van der Waals surface area contributed by atoms with E-state index in [0.717, 1.165) is 24.4 Å². The number of likely N-dealkylation sites (N-methyl/N-ethyl adjacent to an activating group) is 1. The Morgan fingerprint density at radius 2 is 1.95 bits per heavy atom. The second-order valence-electron chi connectivity index (χ2n) is 6.01. The lowest BCUT2D eigenvalue weighted by molar-refractivity contribution is 0.153. The summed E-state index contributed by atoms with van der Waals surface area (Å²) in [4.78, 5) is 4.92. The van der Waals surface area contributed by atoms with E-state index < -0.39 is 0 Å². The summed E-state index contributed by atoms with van der Waals surface area (Å²) >= 11 is 0. The number of fused-ring (bicyclic) bond motifs is 1. The van der Waals surface area contributed by atoms with E-state index in [1.54, 1.807) is 0 Å². The SMILES string of the molecule is CC(NCCN1CCN(C)CC1)c1cc2ccccc2o1. The zero-order chi connectivity index (χ0) is 14.7. The van der Waals surface area contributed by atoms with Crippen molar-refractivity contribution in [1.82, 2.24) is 15.1 Å². The number of benzene rings is 1. The van der Waals surface area contributed by atoms with E-state index in [1.165, 1.54) is 31.6 Å². The van der Waals surface area contributed by atoms with E-state index >= 15 is 0 Å². The van der Waals surface area contributed by atoms with Crippen LogP contribution in [0.1, 0.15) is 18.7 Å². The summed E-state index contributed by atoms with van der Waals surface area (Å²) in [6, 6.07) is 10.6. The second kappa shape index (κ2) is 6.60. The van der Waals surface area contributed by atoms with Gasteiger partial charge in [0.1, 0.15) is 11.3 Å². The Morgan fingerprint density at radius 1 is 1.19 bits per heavy atom. The van der Waals surface area contributed by atoms with Gasteiger partial charge in [-0.3, -0.25) is 4.90 Å². The first-order valence-corrected chi connectivity index (χ1v) is 7.85. The molecule has 0 saturated carbocycles. The Bertz CT molecular complexity index is 539. The molecule has 0 radical (unpaired) electrons. The zero-order valence-corrected chi connectivity index (χ0v) is 13.0. The topological polar surface area (TPSA) is 31.6 Å². The second-order valence-corrected chi connectivity index (χ2v) is 6.01. The summed E-state index contributed by atoms with van der Waals surface area (Å²) in [5.74, 6) is 1.02. The first kappa shape index (κ1) is 14.6. The number of rotatable bonds is 5. The summed E-state index contributed by atoms with van der Waals surface area (Å²) in [5, 5.41) is 4.75. The molecule has 3 rings (SSSR count). The number of nitrogens with one attached hydrogen (secondary N) is 1. The Morgan fingerprint density at radius 3 is 2.71 bits per heavy atom. The summed E-state index contributed by atoms with van der Waals surface area (Å²) in [7, 11) is 2.19. The molecule has 0 bridgehead atoms. The molecule has 0 spiro atoms. The minimum atomic E-state index is 0.255. The molecule has 114 valence electrons. The van der Waals surface area contributed by atoms with Crippen molar-refractivity contribution in [2.75, 3.05) is 46.3 Å². The maximum Gasteiger partial charge on any atom is 0.134 e. The molecule has 0 amide bonds. The molecule has 21 heavy (non-hydrogen) atoms. The van der Waals surface area contributed by atoms with Crippen molar-refractivity contribution in [1.29, 1.82) is 0 Å². The van der Waals surface area contributed by atoms with Gasteiger partial charge in [-0.1, -0.05) is 18.2 Å². The predicted molar refractivity (Wildman–Crippen MR) is 86.6 cm³/mol. The van der Waals surface area contributed by atoms with E-state index in [4.69, 9.17) is 4.42 Å². The van der Waals surface area contributed by atoms with Gasteiger partial charge in [0, 0.05) is 44.7 Å². The zero-order valence-electron chi connectivity index (χ0n) is 13.0. The van der Waals surface area contributed by atoms with Crippen molar-refractivity contribution >= 4 is 11.0 Å². The molecule has 2 aromatic rings. The van der Waals surface area contributed by atoms with Crippen LogP contribution in [0.2, 0.25) is 0 Å². The standard InChI is InChI=1S/C17H25N3O/c1-14(17-13-15-5-3-4-6-16(15)21-17)18-7-8-20-11-9-19(2)10-12-20/h3-6,13-14,18H,7-12H2,1-2H3. The average molecular weight is 287 g/mol. The lowest BCUT2D eigenvalue weighted by Gasteiger charge is -2.32. The number of furan rings is 1. The third-order valence-electron chi connectivity index (χ3n) is 4.35. The van der Waals surface area contributed by atoms with Crippen molar-refractivity contribution in [3.8, 4) is 0 Å². The monoisotopic (exact) mass is 287 g/mol. The number of nitrogens with zero attached hydrogens (tertiary/aromatic N) is 2. The molecule has 1 aromatic carbocycles. The van der Waals surface area contributed by atoms with Gasteiger partial charge >= 0.3 is 0 Å². The van der Waals surface area contributed by atoms with Gasteiger partial charge in [-0.05, 0) is 26.1 Å². The number of piperazine rings is 1. The highest BCUT2D eigenvalue weighted by Gasteiger charge is 2.14. The minimum absolute atomic E-state index is 0.255. The van der Waals surface area contributed by atoms with E-state index in [-0.39, 0.29) is 6.04 Å². The van der Waals surface area contributed by atoms with Gasteiger partial charge in [-0.25, -0.2) is 0 Å². The van der Waals surface area contributed by atoms with Crippen molar-refractivity contribution in [2.45, 2.75) is 13.0 Å². The summed E-state index contributed by atoms with van der Waals surface area (Å²) in [6.07, 6.45) is 0. The van der Waals surface area contributed by atoms with E-state index in [1.807, 2.05) is 18.2 Å². The van der Waals surface area contributed by atoms with Gasteiger partial charge in [0.25, 0.3) is 0 Å². The number of para-hydroxylation sites is 1. The molecular weight excluding hydrogens is 262 g/mol. The molecule has 1 saturated heterocycles. The fourth-order valence-electron chi connectivity index (χ4n) is 2.83. The van der Waals surface area contributed by atoms with E-state index in [0.29, 0.717) is 0 Å². The normalized spacial score (nSPS) is 19.1. The Hall–Kier alpha value is -1.36. The van der Waals surface area contributed by atoms with Crippen LogP contribution in [-0.2, 0) is 0 Å². The summed E-state index contributed by atoms with van der Waals surface area (Å²) in [5.41, 5.74) is 0.972. The first-order chi connectivity index (χ1) is 10.2. The Labute approximate surface area is 126 Å². The molecule has 1 fully saturated rings. The molecule has 1 aromatic heterocycles. The highest BCUT2D eigenvalue weighted by molar-refractivity contribution is 5.77. The molecule has 4 heteroatoms. The van der Waals surface area contributed by atoms with Gasteiger partial charge < -0.3 is 14.6 Å². The highest BCUT2D eigenvalue weighted by Crippen LogP contribution is 2.23. The van der Waals surface area contributed by atoms with Crippen molar-refractivity contribution in [3.05, 3.63) is 36.1 Å². The molecule has 1 aliphatic rings. The lowest BCUT2D eigenvalue weighted by atomic mass is 10.2. The summed E-state index contributed by atoms with van der Waals surface area (Å²) < 4.78 is 5.90. The quantitative estimate of drug-likeness (QED) is 0.914. The molecule has 2 heterocycles. The third-order valence-corrected chi connectivity index (χ3v) is 4.35. The maximum absolute atomic E-state index is 5.90. The third kappa shape index (κ3) is 3.64. The van der Waals surface area contributed by atoms with Gasteiger partial charge in [0.05, 0.1) is 6.04 Å². The van der Waals surface area contributed by atoms with Crippen molar-refractivity contribution in [3.63, 3.8) is 0 Å². The van der Waals surface area contributed by atoms with Crippen molar-refractivity contribution in [2.24, 2.45) is 0 Å². The predicted octanol–water partition coefficient (Wildman–Crippen LogP) is 2.33. The van der Waals surface area contributed by atoms with E-state index in [2.05, 4.69) is 41.2 Å². The van der Waals surface area contributed by atoms with E-state index in [9.17, 15) is 0 Å². The van der Waals surface area contributed by atoms with Crippen LogP contribution >= 0.6 is 0 Å². The molecule has 0 aliphatic carbocycles. The molecule has 4 nitrogen and oxygen atoms in total. The fraction of sp³-hybridized carbons (Fsp3) is 0.529. The van der Waals surface area contributed by atoms with Gasteiger partial charge in [0.15, 0.2) is 0 Å². The maximum atomic E-state index is 5.90. The van der Waals surface area contributed by atoms with Gasteiger partial charge in [0.2, 0.25) is 0 Å². The van der Waals surface area contributed by atoms with Crippen LogP contribution in [0.3, 0.4) is 0 Å². The fourth-order valence-corrected chi connectivity index (χ4v) is 2.83. The molecule has 1 N–H and O–H groups in total. The van der Waals surface area contributed by atoms with Crippen molar-refractivity contribution < 1.29 is 4.42 Å². The van der Waals surface area contributed by atoms with Gasteiger partial charge in [-0.2, -0.15) is 0 Å². The first-order valence-electron chi connectivity index (χ1n) is 7.85. The molecule has 1 unspecified atom stereocenters. The average Bonchev–Trinajstić information content (AvgIpc) is 2.93. The Balaban J connectivity index is 1.48. The lowest BCUT2D eigenvalue weighted by Crippen LogP contribution is -2.46. The smallest absolute Gasteiger partial charge is 0.134 e. The molecular formula is C17H25N3O. The largest absolute Gasteiger partial charge is 0.459 e. The van der Waals surface area contributed by atoms with Crippen LogP contribution in [0.25, 0.3) is 11.0 Å². The minimum Gasteiger partial charge on any atom is -0.459 e. The molecule has 1 aliphatic heterocycles. The van der Waals surface area contributed by atoms with Gasteiger partial charge in [-0.15, -0.1) is 0 Å². The van der Waals surface area contributed by atoms with Crippen LogP contribution in [-0.4, -0.2) is 56.1 Å². The van der Waals surface area contributed by atoms with Crippen LogP contribution < -0.4 is 5.32 Å². The number of hydrogen-bond acceptors (Lipinski definition) is 4. The Kier molecular flexibility index (Phi) is 4.58. The highest BCUT2D eigenvalue weighted by atomic mass is 16.3. The molecule has 1 atom stereocenters. The number of hydrogen-bond donors (Lipinski definition) is 1. The van der Waals surface area contributed by atoms with Crippen LogP contribution in [0, 0.1) is 0 Å². The van der Waals surface area contributed by atoms with Crippen LogP contribution in [0.5, 0.6) is 0 Å².